The van der Waals surface area contributed by atoms with Gasteiger partial charge >= 0.3 is 0 Å². The van der Waals surface area contributed by atoms with E-state index in [0.29, 0.717) is 5.92 Å². The van der Waals surface area contributed by atoms with Crippen molar-refractivity contribution in [1.82, 2.24) is 17.9 Å². The highest BCUT2D eigenvalue weighted by Crippen LogP contribution is 2.44. The van der Waals surface area contributed by atoms with Crippen LogP contribution in [0.2, 0.25) is 0 Å². The van der Waals surface area contributed by atoms with Crippen LogP contribution in [0.5, 0.6) is 0 Å². The molecule has 1 aliphatic carbocycles. The van der Waals surface area contributed by atoms with Crippen LogP contribution in [0.4, 0.5) is 0 Å². The maximum atomic E-state index is 4.86. The fourth-order valence-corrected chi connectivity index (χ4v) is 9.59. The van der Waals surface area contributed by atoms with Crippen LogP contribution < -0.4 is 0 Å². The van der Waals surface area contributed by atoms with Crippen LogP contribution in [-0.2, 0) is 0 Å². The molecule has 53 heavy (non-hydrogen) atoms. The zero-order chi connectivity index (χ0) is 34.9. The van der Waals surface area contributed by atoms with Crippen LogP contribution in [0, 0.1) is 0 Å². The molecule has 2 unspecified atom stereocenters. The van der Waals surface area contributed by atoms with E-state index in [9.17, 15) is 0 Å². The van der Waals surface area contributed by atoms with E-state index in [0.717, 1.165) is 35.6 Å². The van der Waals surface area contributed by atoms with E-state index in [4.69, 9.17) is 8.75 Å². The van der Waals surface area contributed by atoms with Crippen molar-refractivity contribution in [2.75, 3.05) is 0 Å². The van der Waals surface area contributed by atoms with Crippen molar-refractivity contribution in [1.29, 1.82) is 0 Å². The summed E-state index contributed by atoms with van der Waals surface area (Å²) in [7, 11) is 0. The van der Waals surface area contributed by atoms with Gasteiger partial charge in [0.1, 0.15) is 0 Å². The van der Waals surface area contributed by atoms with Gasteiger partial charge in [0.25, 0.3) is 0 Å². The minimum Gasteiger partial charge on any atom is -0.309 e. The third-order valence-electron chi connectivity index (χ3n) is 11.4. The SMILES string of the molecule is c1ccc(C2CCC(c3ccc(-n4c5ccccc5c5ccc(-c6cccc(-n7c8ccccc8c8ccccc87)c6)cc54)cc3)c3nsnc32)cc1. The van der Waals surface area contributed by atoms with Gasteiger partial charge in [0.05, 0.1) is 45.2 Å². The predicted molar refractivity (Wildman–Crippen MR) is 220 cm³/mol. The van der Waals surface area contributed by atoms with Gasteiger partial charge in [0.2, 0.25) is 0 Å². The van der Waals surface area contributed by atoms with Gasteiger partial charge in [-0.3, -0.25) is 0 Å². The Hall–Kier alpha value is -6.30. The third-order valence-corrected chi connectivity index (χ3v) is 11.9. The molecule has 0 spiro atoms. The Balaban J connectivity index is 0.995. The van der Waals surface area contributed by atoms with Crippen molar-refractivity contribution < 1.29 is 0 Å². The molecule has 5 heteroatoms. The molecule has 4 nitrogen and oxygen atoms in total. The van der Waals surface area contributed by atoms with Crippen molar-refractivity contribution in [3.63, 3.8) is 0 Å². The highest BCUT2D eigenvalue weighted by molar-refractivity contribution is 6.99. The number of hydrogen-bond acceptors (Lipinski definition) is 3. The van der Waals surface area contributed by atoms with Gasteiger partial charge < -0.3 is 9.13 Å². The highest BCUT2D eigenvalue weighted by atomic mass is 32.1. The van der Waals surface area contributed by atoms with E-state index < -0.39 is 0 Å². The molecule has 10 aromatic rings. The van der Waals surface area contributed by atoms with Gasteiger partial charge in [-0.05, 0) is 83.6 Å². The summed E-state index contributed by atoms with van der Waals surface area (Å²) in [4.78, 5) is 0. The topological polar surface area (TPSA) is 35.6 Å². The number of fused-ring (bicyclic) bond motifs is 7. The first-order valence-electron chi connectivity index (χ1n) is 18.4. The van der Waals surface area contributed by atoms with Crippen LogP contribution in [0.3, 0.4) is 0 Å². The first-order valence-corrected chi connectivity index (χ1v) is 19.1. The molecule has 0 aliphatic heterocycles. The molecule has 0 fully saturated rings. The number of hydrogen-bond donors (Lipinski definition) is 0. The first-order chi connectivity index (χ1) is 26.3. The van der Waals surface area contributed by atoms with Crippen LogP contribution in [0.25, 0.3) is 66.1 Å². The Morgan fingerprint density at radius 3 is 1.53 bits per heavy atom. The van der Waals surface area contributed by atoms with E-state index in [1.54, 1.807) is 0 Å². The number of nitrogens with zero attached hydrogens (tertiary/aromatic N) is 4. The maximum absolute atomic E-state index is 4.86. The molecular formula is C48H34N4S. The Morgan fingerprint density at radius 1 is 0.396 bits per heavy atom. The van der Waals surface area contributed by atoms with E-state index in [2.05, 4.69) is 179 Å². The largest absolute Gasteiger partial charge is 0.309 e. The summed E-state index contributed by atoms with van der Waals surface area (Å²) >= 11 is 1.35. The Bertz CT molecular complexity index is 2910. The number of aromatic nitrogens is 4. The molecule has 0 amide bonds. The summed E-state index contributed by atoms with van der Waals surface area (Å²) in [5.74, 6) is 0.569. The Morgan fingerprint density at radius 2 is 0.906 bits per heavy atom. The summed E-state index contributed by atoms with van der Waals surface area (Å²) < 4.78 is 14.5. The molecule has 0 saturated heterocycles. The van der Waals surface area contributed by atoms with Crippen LogP contribution in [0.15, 0.2) is 170 Å². The van der Waals surface area contributed by atoms with E-state index in [1.807, 2.05) is 0 Å². The summed E-state index contributed by atoms with van der Waals surface area (Å²) in [5, 5.41) is 5.06. The van der Waals surface area contributed by atoms with E-state index >= 15 is 0 Å². The van der Waals surface area contributed by atoms with Crippen molar-refractivity contribution in [3.8, 4) is 22.5 Å². The van der Waals surface area contributed by atoms with Crippen molar-refractivity contribution in [3.05, 3.63) is 192 Å². The van der Waals surface area contributed by atoms with Crippen molar-refractivity contribution in [2.45, 2.75) is 24.7 Å². The van der Waals surface area contributed by atoms with Crippen LogP contribution in [-0.4, -0.2) is 17.9 Å². The lowest BCUT2D eigenvalue weighted by atomic mass is 9.77. The second kappa shape index (κ2) is 12.1. The minimum absolute atomic E-state index is 0.254. The van der Waals surface area contributed by atoms with Crippen molar-refractivity contribution >= 4 is 55.3 Å². The lowest BCUT2D eigenvalue weighted by molar-refractivity contribution is 0.550. The highest BCUT2D eigenvalue weighted by Gasteiger charge is 2.33. The Labute approximate surface area is 311 Å². The molecule has 11 rings (SSSR count). The summed E-state index contributed by atoms with van der Waals surface area (Å²) in [6.07, 6.45) is 2.13. The standard InChI is InChI=1S/C48H34N4S/c1-2-11-31(12-3-1)37-27-28-38(48-47(37)49-53-50-48)32-21-24-35(25-22-32)51-43-18-7-6-17-41(43)42-26-23-34(30-46(42)51)33-13-10-14-36(29-33)52-44-19-8-4-15-39(44)40-16-5-9-20-45(40)52/h1-26,29-30,37-38H,27-28H2. The van der Waals surface area contributed by atoms with Crippen molar-refractivity contribution in [2.24, 2.45) is 0 Å². The lowest BCUT2D eigenvalue weighted by Crippen LogP contribution is -2.16. The molecule has 252 valence electrons. The third kappa shape index (κ3) is 4.81. The molecule has 3 aromatic heterocycles. The molecule has 7 aromatic carbocycles. The molecule has 0 N–H and O–H groups in total. The predicted octanol–water partition coefficient (Wildman–Crippen LogP) is 12.5. The van der Waals surface area contributed by atoms with Gasteiger partial charge in [-0.2, -0.15) is 8.75 Å². The molecule has 0 saturated carbocycles. The molecule has 1 aliphatic rings. The number of para-hydroxylation sites is 3. The molecule has 2 atom stereocenters. The second-order valence-electron chi connectivity index (χ2n) is 14.2. The summed E-state index contributed by atoms with van der Waals surface area (Å²) in [6, 6.07) is 62.1. The smallest absolute Gasteiger partial charge is 0.0856 e. The lowest BCUT2D eigenvalue weighted by Gasteiger charge is -2.27. The van der Waals surface area contributed by atoms with Gasteiger partial charge in [0, 0.05) is 44.8 Å². The zero-order valence-corrected chi connectivity index (χ0v) is 29.7. The van der Waals surface area contributed by atoms with Crippen LogP contribution in [0.1, 0.15) is 47.2 Å². The van der Waals surface area contributed by atoms with E-state index in [1.165, 1.54) is 77.6 Å². The van der Waals surface area contributed by atoms with Crippen LogP contribution >= 0.6 is 11.7 Å². The maximum Gasteiger partial charge on any atom is 0.0856 e. The summed E-state index contributed by atoms with van der Waals surface area (Å²) in [5.41, 5.74) is 14.5. The summed E-state index contributed by atoms with van der Waals surface area (Å²) in [6.45, 7) is 0. The average Bonchev–Trinajstić information content (AvgIpc) is 3.94. The molecular weight excluding hydrogens is 665 g/mol. The second-order valence-corrected chi connectivity index (χ2v) is 14.8. The molecule has 3 heterocycles. The average molecular weight is 699 g/mol. The van der Waals surface area contributed by atoms with Gasteiger partial charge in [-0.15, -0.1) is 0 Å². The first kappa shape index (κ1) is 30.3. The minimum atomic E-state index is 0.254. The quantitative estimate of drug-likeness (QED) is 0.179. The normalized spacial score (nSPS) is 15.8. The van der Waals surface area contributed by atoms with E-state index in [-0.39, 0.29) is 5.92 Å². The number of rotatable bonds is 5. The number of benzene rings is 7. The Kier molecular flexibility index (Phi) is 6.95. The van der Waals surface area contributed by atoms with Gasteiger partial charge in [-0.1, -0.05) is 121 Å². The van der Waals surface area contributed by atoms with Gasteiger partial charge in [0.15, 0.2) is 0 Å². The zero-order valence-electron chi connectivity index (χ0n) is 28.9. The molecule has 0 bridgehead atoms. The van der Waals surface area contributed by atoms with Gasteiger partial charge in [-0.25, -0.2) is 0 Å². The fourth-order valence-electron chi connectivity index (χ4n) is 8.94. The fraction of sp³-hybridized carbons (Fsp3) is 0.0833. The monoisotopic (exact) mass is 698 g/mol. The molecule has 0 radical (unpaired) electrons.